The molecule has 0 bridgehead atoms. The number of anilines is 1. The van der Waals surface area contributed by atoms with Crippen LogP contribution in [-0.2, 0) is 11.3 Å². The molecule has 2 aromatic heterocycles. The molecular formula is C17H18N6O7. The zero-order valence-corrected chi connectivity index (χ0v) is 15.4. The van der Waals surface area contributed by atoms with E-state index in [-0.39, 0.29) is 35.3 Å². The molecule has 30 heavy (non-hydrogen) atoms. The van der Waals surface area contributed by atoms with Crippen molar-refractivity contribution in [3.8, 4) is 6.01 Å². The van der Waals surface area contributed by atoms with E-state index in [9.17, 15) is 25.4 Å². The highest BCUT2D eigenvalue weighted by atomic mass is 16.6. The summed E-state index contributed by atoms with van der Waals surface area (Å²) in [5, 5.41) is 40.2. The fourth-order valence-electron chi connectivity index (χ4n) is 3.14. The van der Waals surface area contributed by atoms with Crippen LogP contribution in [0.4, 0.5) is 11.5 Å². The maximum Gasteiger partial charge on any atom is 0.320 e. The van der Waals surface area contributed by atoms with E-state index in [1.165, 1.54) is 23.0 Å². The lowest BCUT2D eigenvalue weighted by molar-refractivity contribution is -0.384. The van der Waals surface area contributed by atoms with E-state index in [1.54, 1.807) is 12.1 Å². The van der Waals surface area contributed by atoms with Crippen molar-refractivity contribution in [1.82, 2.24) is 19.5 Å². The standard InChI is InChI=1S/C17H18N6O7/c18-14-11-15(22(7-19-11)16-13(26)12(25)10(5-24)30-16)21-17(20-14)29-6-8-1-3-9(4-2-8)23(27)28/h1-4,7,10,12-13,16,24-26H,5-6H2,(H2,18,20,21)/t10-,12-,13-,16-/m1/s1. The van der Waals surface area contributed by atoms with Crippen LogP contribution in [0, 0.1) is 10.1 Å². The number of imidazole rings is 1. The fourth-order valence-corrected chi connectivity index (χ4v) is 3.14. The Kier molecular flexibility index (Phi) is 5.17. The van der Waals surface area contributed by atoms with Crippen molar-refractivity contribution in [3.63, 3.8) is 0 Å². The number of aliphatic hydroxyl groups is 3. The summed E-state index contributed by atoms with van der Waals surface area (Å²) in [5.74, 6) is 0.0317. The highest BCUT2D eigenvalue weighted by Crippen LogP contribution is 2.32. The Morgan fingerprint density at radius 1 is 1.23 bits per heavy atom. The third kappa shape index (κ3) is 3.50. The molecule has 3 heterocycles. The van der Waals surface area contributed by atoms with Gasteiger partial charge in [-0.25, -0.2) is 4.98 Å². The van der Waals surface area contributed by atoms with Crippen molar-refractivity contribution in [2.24, 2.45) is 0 Å². The number of benzene rings is 1. The number of nitrogens with two attached hydrogens (primary N) is 1. The van der Waals surface area contributed by atoms with Gasteiger partial charge in [0.05, 0.1) is 17.9 Å². The molecular weight excluding hydrogens is 400 g/mol. The summed E-state index contributed by atoms with van der Waals surface area (Å²) in [6.45, 7) is -0.437. The number of aromatic nitrogens is 4. The highest BCUT2D eigenvalue weighted by molar-refractivity contribution is 5.82. The highest BCUT2D eigenvalue weighted by Gasteiger charge is 2.44. The first kappa shape index (κ1) is 19.9. The van der Waals surface area contributed by atoms with E-state index in [4.69, 9.17) is 15.2 Å². The molecule has 4 atom stereocenters. The molecule has 4 rings (SSSR count). The third-order valence-electron chi connectivity index (χ3n) is 4.73. The number of nitrogens with zero attached hydrogens (tertiary/aromatic N) is 5. The van der Waals surface area contributed by atoms with Crippen LogP contribution in [0.25, 0.3) is 11.2 Å². The summed E-state index contributed by atoms with van der Waals surface area (Å²) in [7, 11) is 0. The number of non-ortho nitro benzene ring substituents is 1. The van der Waals surface area contributed by atoms with Crippen molar-refractivity contribution in [3.05, 3.63) is 46.3 Å². The number of nitro groups is 1. The van der Waals surface area contributed by atoms with Gasteiger partial charge in [0.1, 0.15) is 24.9 Å². The second-order valence-corrected chi connectivity index (χ2v) is 6.66. The molecule has 13 heteroatoms. The summed E-state index contributed by atoms with van der Waals surface area (Å²) in [6, 6.07) is 5.72. The molecule has 0 spiro atoms. The van der Waals surface area contributed by atoms with Gasteiger partial charge in [-0.05, 0) is 17.7 Å². The second-order valence-electron chi connectivity index (χ2n) is 6.66. The minimum atomic E-state index is -1.32. The number of fused-ring (bicyclic) bond motifs is 1. The zero-order chi connectivity index (χ0) is 21.4. The number of ether oxygens (including phenoxy) is 2. The first-order valence-corrected chi connectivity index (χ1v) is 8.87. The second kappa shape index (κ2) is 7.79. The fraction of sp³-hybridized carbons (Fsp3) is 0.353. The third-order valence-corrected chi connectivity index (χ3v) is 4.73. The van der Waals surface area contributed by atoms with Crippen LogP contribution in [-0.4, -0.2) is 64.7 Å². The summed E-state index contributed by atoms with van der Waals surface area (Å²) in [6.07, 6.45) is -3.27. The summed E-state index contributed by atoms with van der Waals surface area (Å²) in [4.78, 5) is 22.6. The normalized spacial score (nSPS) is 23.7. The van der Waals surface area contributed by atoms with Crippen molar-refractivity contribution in [2.45, 2.75) is 31.1 Å². The van der Waals surface area contributed by atoms with Gasteiger partial charge in [-0.3, -0.25) is 14.7 Å². The van der Waals surface area contributed by atoms with E-state index in [0.717, 1.165) is 0 Å². The lowest BCUT2D eigenvalue weighted by Crippen LogP contribution is -2.33. The van der Waals surface area contributed by atoms with E-state index >= 15 is 0 Å². The molecule has 0 unspecified atom stereocenters. The number of rotatable bonds is 6. The summed E-state index contributed by atoms with van der Waals surface area (Å²) < 4.78 is 12.4. The Bertz CT molecular complexity index is 1070. The lowest BCUT2D eigenvalue weighted by atomic mass is 10.1. The first-order valence-electron chi connectivity index (χ1n) is 8.87. The van der Waals surface area contributed by atoms with Gasteiger partial charge < -0.3 is 30.5 Å². The Morgan fingerprint density at radius 3 is 2.60 bits per heavy atom. The van der Waals surface area contributed by atoms with Crippen molar-refractivity contribution < 1.29 is 29.7 Å². The summed E-state index contributed by atoms with van der Waals surface area (Å²) in [5.41, 5.74) is 7.00. The summed E-state index contributed by atoms with van der Waals surface area (Å²) >= 11 is 0. The molecule has 1 saturated heterocycles. The monoisotopic (exact) mass is 418 g/mol. The van der Waals surface area contributed by atoms with Crippen LogP contribution < -0.4 is 10.5 Å². The molecule has 1 aromatic carbocycles. The van der Waals surface area contributed by atoms with E-state index in [0.29, 0.717) is 5.56 Å². The number of nitro benzene ring substituents is 1. The molecule has 0 saturated carbocycles. The van der Waals surface area contributed by atoms with Crippen LogP contribution >= 0.6 is 0 Å². The number of aliphatic hydroxyl groups excluding tert-OH is 3. The topological polar surface area (TPSA) is 192 Å². The Balaban J connectivity index is 1.58. The average molecular weight is 418 g/mol. The van der Waals surface area contributed by atoms with Gasteiger partial charge in [-0.15, -0.1) is 0 Å². The Labute approximate surface area is 168 Å². The van der Waals surface area contributed by atoms with Gasteiger partial charge in [0.15, 0.2) is 23.2 Å². The molecule has 1 fully saturated rings. The smallest absolute Gasteiger partial charge is 0.320 e. The van der Waals surface area contributed by atoms with Gasteiger partial charge in [-0.1, -0.05) is 0 Å². The minimum Gasteiger partial charge on any atom is -0.458 e. The van der Waals surface area contributed by atoms with Gasteiger partial charge >= 0.3 is 6.01 Å². The molecule has 0 radical (unpaired) electrons. The molecule has 5 N–H and O–H groups in total. The predicted octanol–water partition coefficient (Wildman–Crippen LogP) is -0.493. The van der Waals surface area contributed by atoms with Gasteiger partial charge in [0, 0.05) is 12.1 Å². The van der Waals surface area contributed by atoms with Crippen LogP contribution in [0.15, 0.2) is 30.6 Å². The molecule has 0 aliphatic carbocycles. The Morgan fingerprint density at radius 2 is 1.97 bits per heavy atom. The SMILES string of the molecule is Nc1nc(OCc2ccc([N+](=O)[O-])cc2)nc2c1ncn2[C@@H]1O[C@H](CO)[C@@H](O)[C@H]1O. The number of hydrogen-bond donors (Lipinski definition) is 4. The molecule has 158 valence electrons. The first-order chi connectivity index (χ1) is 14.4. The van der Waals surface area contributed by atoms with Crippen LogP contribution in [0.3, 0.4) is 0 Å². The van der Waals surface area contributed by atoms with E-state index in [2.05, 4.69) is 15.0 Å². The molecule has 1 aliphatic heterocycles. The molecule has 13 nitrogen and oxygen atoms in total. The van der Waals surface area contributed by atoms with E-state index < -0.39 is 36.1 Å². The number of nitrogen functional groups attached to an aromatic ring is 1. The lowest BCUT2D eigenvalue weighted by Gasteiger charge is -2.16. The van der Waals surface area contributed by atoms with Crippen molar-refractivity contribution in [1.29, 1.82) is 0 Å². The molecule has 1 aliphatic rings. The van der Waals surface area contributed by atoms with Crippen LogP contribution in [0.2, 0.25) is 0 Å². The van der Waals surface area contributed by atoms with Gasteiger partial charge in [-0.2, -0.15) is 9.97 Å². The molecule has 3 aromatic rings. The predicted molar refractivity (Wildman–Crippen MR) is 100 cm³/mol. The van der Waals surface area contributed by atoms with Crippen LogP contribution in [0.5, 0.6) is 6.01 Å². The maximum absolute atomic E-state index is 10.7. The zero-order valence-electron chi connectivity index (χ0n) is 15.4. The van der Waals surface area contributed by atoms with Crippen LogP contribution in [0.1, 0.15) is 11.8 Å². The van der Waals surface area contributed by atoms with Crippen molar-refractivity contribution >= 4 is 22.7 Å². The van der Waals surface area contributed by atoms with Gasteiger partial charge in [0.2, 0.25) is 0 Å². The van der Waals surface area contributed by atoms with E-state index in [1.807, 2.05) is 0 Å². The average Bonchev–Trinajstić information content (AvgIpc) is 3.28. The Hall–Kier alpha value is -3.39. The largest absolute Gasteiger partial charge is 0.458 e. The minimum absolute atomic E-state index is 0.0317. The molecule has 0 amide bonds. The van der Waals surface area contributed by atoms with Gasteiger partial charge in [0.25, 0.3) is 5.69 Å². The maximum atomic E-state index is 10.7. The number of hydrogen-bond acceptors (Lipinski definition) is 11. The van der Waals surface area contributed by atoms with Crippen molar-refractivity contribution in [2.75, 3.05) is 12.3 Å². The quantitative estimate of drug-likeness (QED) is 0.298.